The predicted molar refractivity (Wildman–Crippen MR) is 115 cm³/mol. The molecule has 4 heterocycles. The molecule has 0 saturated carbocycles. The van der Waals surface area contributed by atoms with Gasteiger partial charge in [-0.15, -0.1) is 11.3 Å². The van der Waals surface area contributed by atoms with Crippen LogP contribution >= 0.6 is 11.3 Å². The van der Waals surface area contributed by atoms with Gasteiger partial charge in [-0.05, 0) is 49.9 Å². The molecular formula is C23H20N4S. The Morgan fingerprint density at radius 3 is 2.36 bits per heavy atom. The summed E-state index contributed by atoms with van der Waals surface area (Å²) < 4.78 is 4.16. The van der Waals surface area contributed by atoms with Gasteiger partial charge in [0.25, 0.3) is 0 Å². The second-order valence-corrected chi connectivity index (χ2v) is 8.04. The number of aryl methyl sites for hydroxylation is 3. The lowest BCUT2D eigenvalue weighted by Gasteiger charge is -2.09. The lowest BCUT2D eigenvalue weighted by atomic mass is 10.1. The molecule has 0 amide bonds. The highest BCUT2D eigenvalue weighted by Gasteiger charge is 2.15. The van der Waals surface area contributed by atoms with Gasteiger partial charge in [-0.2, -0.15) is 5.10 Å². The molecule has 4 aromatic heterocycles. The quantitative estimate of drug-likeness (QED) is 0.392. The van der Waals surface area contributed by atoms with E-state index >= 15 is 0 Å². The van der Waals surface area contributed by atoms with E-state index in [1.54, 1.807) is 11.3 Å². The molecule has 0 radical (unpaired) electrons. The summed E-state index contributed by atoms with van der Waals surface area (Å²) in [6, 6.07) is 17.0. The smallest absolute Gasteiger partial charge is 0.155 e. The van der Waals surface area contributed by atoms with Crippen molar-refractivity contribution in [3.8, 4) is 27.4 Å². The van der Waals surface area contributed by atoms with Crippen molar-refractivity contribution < 1.29 is 0 Å². The normalized spacial score (nSPS) is 11.4. The van der Waals surface area contributed by atoms with E-state index in [4.69, 9.17) is 5.10 Å². The summed E-state index contributed by atoms with van der Waals surface area (Å²) in [5, 5.41) is 6.96. The number of thiophene rings is 1. The van der Waals surface area contributed by atoms with Crippen molar-refractivity contribution in [2.75, 3.05) is 0 Å². The molecule has 0 atom stereocenters. The first kappa shape index (κ1) is 17.0. The molecule has 5 aromatic rings. The van der Waals surface area contributed by atoms with E-state index in [2.05, 4.69) is 90.4 Å². The van der Waals surface area contributed by atoms with Crippen molar-refractivity contribution in [2.45, 2.75) is 20.8 Å². The summed E-state index contributed by atoms with van der Waals surface area (Å²) >= 11 is 1.71. The van der Waals surface area contributed by atoms with Crippen molar-refractivity contribution in [1.29, 1.82) is 0 Å². The standard InChI is InChI=1S/C23H20N4S/c1-15-4-8-18(9-5-15)19-13-24-22-12-20(25-26(22)14-19)23-21(10-11-28-23)27-16(2)6-7-17(27)3/h4-14H,1-3H3. The van der Waals surface area contributed by atoms with Crippen LogP contribution in [0.4, 0.5) is 0 Å². The van der Waals surface area contributed by atoms with Crippen molar-refractivity contribution in [1.82, 2.24) is 19.2 Å². The fourth-order valence-corrected chi connectivity index (χ4v) is 4.44. The van der Waals surface area contributed by atoms with Crippen LogP contribution in [0.15, 0.2) is 66.3 Å². The van der Waals surface area contributed by atoms with Crippen LogP contribution in [0.5, 0.6) is 0 Å². The lowest BCUT2D eigenvalue weighted by Crippen LogP contribution is -1.98. The minimum absolute atomic E-state index is 0.853. The van der Waals surface area contributed by atoms with Crippen LogP contribution in [0.3, 0.4) is 0 Å². The molecule has 1 aromatic carbocycles. The molecular weight excluding hydrogens is 364 g/mol. The van der Waals surface area contributed by atoms with E-state index in [1.165, 1.54) is 22.6 Å². The van der Waals surface area contributed by atoms with Crippen LogP contribution in [0.1, 0.15) is 17.0 Å². The number of nitrogens with zero attached hydrogens (tertiary/aromatic N) is 4. The first-order valence-electron chi connectivity index (χ1n) is 9.26. The van der Waals surface area contributed by atoms with Gasteiger partial charge in [0.05, 0.1) is 10.6 Å². The average Bonchev–Trinajstić information content (AvgIpc) is 3.39. The van der Waals surface area contributed by atoms with E-state index in [9.17, 15) is 0 Å². The van der Waals surface area contributed by atoms with E-state index in [0.29, 0.717) is 0 Å². The largest absolute Gasteiger partial charge is 0.317 e. The zero-order valence-corrected chi connectivity index (χ0v) is 16.9. The topological polar surface area (TPSA) is 35.1 Å². The molecule has 0 spiro atoms. The Labute approximate surface area is 167 Å². The molecule has 28 heavy (non-hydrogen) atoms. The number of aromatic nitrogens is 4. The highest BCUT2D eigenvalue weighted by molar-refractivity contribution is 7.14. The number of hydrogen-bond acceptors (Lipinski definition) is 3. The highest BCUT2D eigenvalue weighted by Crippen LogP contribution is 2.34. The summed E-state index contributed by atoms with van der Waals surface area (Å²) in [5.74, 6) is 0. The van der Waals surface area contributed by atoms with Crippen molar-refractivity contribution >= 4 is 17.0 Å². The van der Waals surface area contributed by atoms with Crippen LogP contribution in [-0.4, -0.2) is 19.2 Å². The van der Waals surface area contributed by atoms with E-state index in [0.717, 1.165) is 27.3 Å². The van der Waals surface area contributed by atoms with Crippen LogP contribution in [0.2, 0.25) is 0 Å². The van der Waals surface area contributed by atoms with Crippen LogP contribution in [-0.2, 0) is 0 Å². The third-order valence-corrected chi connectivity index (χ3v) is 6.01. The molecule has 0 unspecified atom stereocenters. The SMILES string of the molecule is Cc1ccc(-c2cnc3cc(-c4sccc4-n4c(C)ccc4C)nn3c2)cc1. The molecule has 4 nitrogen and oxygen atoms in total. The van der Waals surface area contributed by atoms with Gasteiger partial charge in [0, 0.05) is 35.4 Å². The van der Waals surface area contributed by atoms with E-state index in [-0.39, 0.29) is 0 Å². The first-order chi connectivity index (χ1) is 13.6. The van der Waals surface area contributed by atoms with Gasteiger partial charge >= 0.3 is 0 Å². The molecule has 5 heteroatoms. The minimum Gasteiger partial charge on any atom is -0.317 e. The summed E-state index contributed by atoms with van der Waals surface area (Å²) in [6.45, 7) is 6.36. The number of rotatable bonds is 3. The zero-order valence-electron chi connectivity index (χ0n) is 16.0. The Morgan fingerprint density at radius 1 is 0.857 bits per heavy atom. The van der Waals surface area contributed by atoms with Gasteiger partial charge in [0.2, 0.25) is 0 Å². The molecule has 0 bridgehead atoms. The first-order valence-corrected chi connectivity index (χ1v) is 10.1. The average molecular weight is 385 g/mol. The summed E-state index contributed by atoms with van der Waals surface area (Å²) in [5.41, 5.74) is 8.88. The zero-order chi connectivity index (χ0) is 19.3. The molecule has 0 aliphatic carbocycles. The van der Waals surface area contributed by atoms with E-state index in [1.807, 2.05) is 10.7 Å². The van der Waals surface area contributed by atoms with Crippen molar-refractivity contribution in [3.63, 3.8) is 0 Å². The lowest BCUT2D eigenvalue weighted by molar-refractivity contribution is 0.940. The Kier molecular flexibility index (Phi) is 3.91. The van der Waals surface area contributed by atoms with Gasteiger partial charge in [-0.25, -0.2) is 9.50 Å². The van der Waals surface area contributed by atoms with Crippen LogP contribution < -0.4 is 0 Å². The fraction of sp³-hybridized carbons (Fsp3) is 0.130. The predicted octanol–water partition coefficient (Wildman–Crippen LogP) is 5.84. The Morgan fingerprint density at radius 2 is 1.61 bits per heavy atom. The van der Waals surface area contributed by atoms with Gasteiger partial charge in [0.15, 0.2) is 5.65 Å². The number of benzene rings is 1. The van der Waals surface area contributed by atoms with Crippen LogP contribution in [0, 0.1) is 20.8 Å². The van der Waals surface area contributed by atoms with Gasteiger partial charge in [-0.3, -0.25) is 0 Å². The third-order valence-electron chi connectivity index (χ3n) is 5.09. The van der Waals surface area contributed by atoms with Gasteiger partial charge < -0.3 is 4.57 Å². The monoisotopic (exact) mass is 384 g/mol. The van der Waals surface area contributed by atoms with Crippen molar-refractivity contribution in [3.05, 3.63) is 83.3 Å². The van der Waals surface area contributed by atoms with E-state index < -0.39 is 0 Å². The molecule has 0 fully saturated rings. The van der Waals surface area contributed by atoms with Gasteiger partial charge in [-0.1, -0.05) is 29.8 Å². The Bertz CT molecular complexity index is 1270. The molecule has 0 saturated heterocycles. The van der Waals surface area contributed by atoms with Crippen molar-refractivity contribution in [2.24, 2.45) is 0 Å². The Hall–Kier alpha value is -3.18. The van der Waals surface area contributed by atoms with Gasteiger partial charge in [0.1, 0.15) is 5.69 Å². The molecule has 0 aliphatic heterocycles. The number of fused-ring (bicyclic) bond motifs is 1. The third kappa shape index (κ3) is 2.75. The fourth-order valence-electron chi connectivity index (χ4n) is 3.60. The maximum atomic E-state index is 4.84. The molecule has 0 aliphatic rings. The molecule has 0 N–H and O–H groups in total. The molecule has 5 rings (SSSR count). The summed E-state index contributed by atoms with van der Waals surface area (Å²) in [6.07, 6.45) is 3.97. The summed E-state index contributed by atoms with van der Waals surface area (Å²) in [4.78, 5) is 5.79. The summed E-state index contributed by atoms with van der Waals surface area (Å²) in [7, 11) is 0. The van der Waals surface area contributed by atoms with Crippen LogP contribution in [0.25, 0.3) is 33.0 Å². The second kappa shape index (κ2) is 6.46. The Balaban J connectivity index is 1.60. The number of hydrogen-bond donors (Lipinski definition) is 0. The molecule has 138 valence electrons. The maximum absolute atomic E-state index is 4.84. The minimum atomic E-state index is 0.853. The second-order valence-electron chi connectivity index (χ2n) is 7.13. The highest BCUT2D eigenvalue weighted by atomic mass is 32.1. The maximum Gasteiger partial charge on any atom is 0.155 e.